The minimum atomic E-state index is -0.411. The molecule has 3 aromatic rings. The van der Waals surface area contributed by atoms with Crippen LogP contribution in [0.3, 0.4) is 0 Å². The third-order valence-electron chi connectivity index (χ3n) is 3.70. The van der Waals surface area contributed by atoms with E-state index in [1.54, 1.807) is 12.1 Å². The highest BCUT2D eigenvalue weighted by Gasteiger charge is 2.12. The molecule has 2 aromatic carbocycles. The molecule has 6 heteroatoms. The van der Waals surface area contributed by atoms with Gasteiger partial charge >= 0.3 is 0 Å². The second-order valence-corrected chi connectivity index (χ2v) is 6.71. The van der Waals surface area contributed by atoms with Crippen LogP contribution in [-0.2, 0) is 4.79 Å². The Bertz CT molecular complexity index is 903. The predicted octanol–water partition coefficient (Wildman–Crippen LogP) is 4.64. The first-order valence-corrected chi connectivity index (χ1v) is 8.63. The van der Waals surface area contributed by atoms with Gasteiger partial charge in [0.2, 0.25) is 5.91 Å². The molecule has 0 aliphatic rings. The van der Waals surface area contributed by atoms with Crippen molar-refractivity contribution < 1.29 is 9.18 Å². The summed E-state index contributed by atoms with van der Waals surface area (Å²) in [4.78, 5) is 17.6. The van der Waals surface area contributed by atoms with Crippen LogP contribution in [0.1, 0.15) is 6.92 Å². The third kappa shape index (κ3) is 3.85. The summed E-state index contributed by atoms with van der Waals surface area (Å²) in [5.41, 5.74) is 3.55. The summed E-state index contributed by atoms with van der Waals surface area (Å²) in [6, 6.07) is 12.7. The van der Waals surface area contributed by atoms with Crippen LogP contribution in [0.5, 0.6) is 0 Å². The Balaban J connectivity index is 1.87. The first-order chi connectivity index (χ1) is 11.9. The highest BCUT2D eigenvalue weighted by molar-refractivity contribution is 7.13. The van der Waals surface area contributed by atoms with Crippen LogP contribution in [0.15, 0.2) is 47.8 Å². The Morgan fingerprint density at radius 3 is 2.48 bits per heavy atom. The van der Waals surface area contributed by atoms with Crippen LogP contribution < -0.4 is 10.2 Å². The molecule has 128 valence electrons. The van der Waals surface area contributed by atoms with Gasteiger partial charge in [-0.05, 0) is 42.5 Å². The Labute approximate surface area is 150 Å². The molecule has 0 bridgehead atoms. The van der Waals surface area contributed by atoms with E-state index in [1.807, 2.05) is 48.6 Å². The van der Waals surface area contributed by atoms with E-state index >= 15 is 0 Å². The van der Waals surface area contributed by atoms with Gasteiger partial charge < -0.3 is 10.2 Å². The number of nitrogens with zero attached hydrogens (tertiary/aromatic N) is 2. The molecular weight excluding hydrogens is 337 g/mol. The van der Waals surface area contributed by atoms with Crippen LogP contribution in [0, 0.1) is 5.82 Å². The van der Waals surface area contributed by atoms with Gasteiger partial charge in [0.25, 0.3) is 0 Å². The van der Waals surface area contributed by atoms with E-state index in [9.17, 15) is 9.18 Å². The van der Waals surface area contributed by atoms with Gasteiger partial charge in [0.05, 0.1) is 5.69 Å². The number of carbonyl (C=O) groups excluding carboxylic acids is 1. The van der Waals surface area contributed by atoms with E-state index < -0.39 is 5.82 Å². The molecular formula is C19H18FN3OS. The molecule has 0 spiro atoms. The molecule has 1 amide bonds. The van der Waals surface area contributed by atoms with Crippen molar-refractivity contribution in [1.82, 2.24) is 4.98 Å². The maximum atomic E-state index is 14.3. The Morgan fingerprint density at radius 2 is 1.88 bits per heavy atom. The van der Waals surface area contributed by atoms with Gasteiger partial charge in [0.1, 0.15) is 10.8 Å². The fraction of sp³-hybridized carbons (Fsp3) is 0.158. The fourth-order valence-electron chi connectivity index (χ4n) is 2.44. The molecule has 1 heterocycles. The van der Waals surface area contributed by atoms with E-state index in [0.29, 0.717) is 16.9 Å². The molecule has 1 N–H and O–H groups in total. The summed E-state index contributed by atoms with van der Waals surface area (Å²) >= 11 is 1.47. The zero-order chi connectivity index (χ0) is 18.0. The molecule has 0 aliphatic carbocycles. The largest absolute Gasteiger partial charge is 0.378 e. The summed E-state index contributed by atoms with van der Waals surface area (Å²) in [7, 11) is 3.98. The average molecular weight is 355 g/mol. The number of nitrogens with one attached hydrogen (secondary N) is 1. The maximum absolute atomic E-state index is 14.3. The smallest absolute Gasteiger partial charge is 0.221 e. The molecule has 0 radical (unpaired) electrons. The number of aromatic nitrogens is 1. The fourth-order valence-corrected chi connectivity index (χ4v) is 3.26. The van der Waals surface area contributed by atoms with Crippen LogP contribution in [0.2, 0.25) is 0 Å². The lowest BCUT2D eigenvalue weighted by Crippen LogP contribution is -2.07. The molecule has 1 aromatic heterocycles. The summed E-state index contributed by atoms with van der Waals surface area (Å²) in [5, 5.41) is 5.25. The van der Waals surface area contributed by atoms with Crippen molar-refractivity contribution in [3.8, 4) is 21.8 Å². The summed E-state index contributed by atoms with van der Waals surface area (Å²) in [6.07, 6.45) is 0. The minimum absolute atomic E-state index is 0.232. The molecule has 4 nitrogen and oxygen atoms in total. The maximum Gasteiger partial charge on any atom is 0.221 e. The molecule has 0 unspecified atom stereocenters. The normalized spacial score (nSPS) is 10.6. The number of halogens is 1. The summed E-state index contributed by atoms with van der Waals surface area (Å²) in [5.74, 6) is -0.643. The van der Waals surface area contributed by atoms with Gasteiger partial charge in [0.15, 0.2) is 0 Å². The minimum Gasteiger partial charge on any atom is -0.378 e. The van der Waals surface area contributed by atoms with E-state index in [4.69, 9.17) is 0 Å². The zero-order valence-electron chi connectivity index (χ0n) is 14.2. The lowest BCUT2D eigenvalue weighted by atomic mass is 10.1. The molecule has 0 fully saturated rings. The van der Waals surface area contributed by atoms with Gasteiger partial charge in [0, 0.05) is 48.9 Å². The quantitative estimate of drug-likeness (QED) is 0.741. The Morgan fingerprint density at radius 1 is 1.16 bits per heavy atom. The highest BCUT2D eigenvalue weighted by atomic mass is 32.1. The second-order valence-electron chi connectivity index (χ2n) is 5.86. The molecule has 0 saturated heterocycles. The highest BCUT2D eigenvalue weighted by Crippen LogP contribution is 2.31. The Kier molecular flexibility index (Phi) is 4.81. The Hall–Kier alpha value is -2.73. The van der Waals surface area contributed by atoms with E-state index in [-0.39, 0.29) is 5.91 Å². The number of hydrogen-bond acceptors (Lipinski definition) is 4. The summed E-state index contributed by atoms with van der Waals surface area (Å²) < 4.78 is 14.3. The SMILES string of the molecule is CC(=O)Nc1ccc(-c2csc(-c3ccc(N(C)C)cc3)n2)c(F)c1. The van der Waals surface area contributed by atoms with Crippen LogP contribution in [0.25, 0.3) is 21.8 Å². The average Bonchev–Trinajstić information content (AvgIpc) is 3.04. The van der Waals surface area contributed by atoms with Gasteiger partial charge in [-0.3, -0.25) is 4.79 Å². The molecule has 0 aliphatic heterocycles. The number of benzene rings is 2. The zero-order valence-corrected chi connectivity index (χ0v) is 15.0. The number of anilines is 2. The first kappa shape index (κ1) is 17.1. The first-order valence-electron chi connectivity index (χ1n) is 7.75. The standard InChI is InChI=1S/C19H18FN3OS/c1-12(24)21-14-6-9-16(17(20)10-14)18-11-25-19(22-18)13-4-7-15(8-5-13)23(2)3/h4-11H,1-3H3,(H,21,24). The van der Waals surface area contributed by atoms with Crippen molar-refractivity contribution in [3.05, 3.63) is 53.7 Å². The monoisotopic (exact) mass is 355 g/mol. The predicted molar refractivity (Wildman–Crippen MR) is 102 cm³/mol. The second kappa shape index (κ2) is 7.03. The molecule has 0 saturated carbocycles. The van der Waals surface area contributed by atoms with Gasteiger partial charge in [-0.2, -0.15) is 0 Å². The molecule has 3 rings (SSSR count). The van der Waals surface area contributed by atoms with Crippen LogP contribution in [0.4, 0.5) is 15.8 Å². The topological polar surface area (TPSA) is 45.2 Å². The number of carbonyl (C=O) groups is 1. The van der Waals surface area contributed by atoms with Crippen molar-refractivity contribution in [2.75, 3.05) is 24.3 Å². The molecule has 25 heavy (non-hydrogen) atoms. The lowest BCUT2D eigenvalue weighted by molar-refractivity contribution is -0.114. The van der Waals surface area contributed by atoms with Crippen molar-refractivity contribution in [2.24, 2.45) is 0 Å². The lowest BCUT2D eigenvalue weighted by Gasteiger charge is -2.12. The number of rotatable bonds is 4. The molecule has 0 atom stereocenters. The van der Waals surface area contributed by atoms with Crippen molar-refractivity contribution in [2.45, 2.75) is 6.92 Å². The van der Waals surface area contributed by atoms with E-state index in [2.05, 4.69) is 10.3 Å². The van der Waals surface area contributed by atoms with Crippen LogP contribution in [-0.4, -0.2) is 25.0 Å². The van der Waals surface area contributed by atoms with Gasteiger partial charge in [-0.1, -0.05) is 0 Å². The third-order valence-corrected chi connectivity index (χ3v) is 4.59. The van der Waals surface area contributed by atoms with E-state index in [1.165, 1.54) is 24.3 Å². The van der Waals surface area contributed by atoms with Gasteiger partial charge in [-0.15, -0.1) is 11.3 Å². The number of amides is 1. The van der Waals surface area contributed by atoms with Crippen molar-refractivity contribution >= 4 is 28.6 Å². The number of thiazole rings is 1. The summed E-state index contributed by atoms with van der Waals surface area (Å²) in [6.45, 7) is 1.39. The van der Waals surface area contributed by atoms with E-state index in [0.717, 1.165) is 16.3 Å². The van der Waals surface area contributed by atoms with Gasteiger partial charge in [-0.25, -0.2) is 9.37 Å². The van der Waals surface area contributed by atoms with Crippen LogP contribution >= 0.6 is 11.3 Å². The van der Waals surface area contributed by atoms with Crippen molar-refractivity contribution in [1.29, 1.82) is 0 Å². The van der Waals surface area contributed by atoms with Crippen molar-refractivity contribution in [3.63, 3.8) is 0 Å². The number of hydrogen-bond donors (Lipinski definition) is 1.